The number of amides is 1. The van der Waals surface area contributed by atoms with E-state index in [2.05, 4.69) is 4.72 Å². The number of halogens is 3. The van der Waals surface area contributed by atoms with Gasteiger partial charge in [-0.05, 0) is 36.4 Å². The molecule has 0 saturated carbocycles. The Morgan fingerprint density at radius 3 is 2.19 bits per heavy atom. The van der Waals surface area contributed by atoms with E-state index in [4.69, 9.17) is 39.5 Å². The van der Waals surface area contributed by atoms with Gasteiger partial charge in [-0.3, -0.25) is 9.52 Å². The third kappa shape index (κ3) is 4.67. The third-order valence-corrected chi connectivity index (χ3v) is 6.51. The van der Waals surface area contributed by atoms with Crippen molar-refractivity contribution in [1.29, 1.82) is 0 Å². The fourth-order valence-corrected chi connectivity index (χ4v) is 4.61. The van der Waals surface area contributed by atoms with Crippen molar-refractivity contribution in [2.75, 3.05) is 31.0 Å². The second-order valence-electron chi connectivity index (χ2n) is 5.78. The molecule has 0 aromatic heterocycles. The van der Waals surface area contributed by atoms with E-state index in [1.165, 1.54) is 24.3 Å². The summed E-state index contributed by atoms with van der Waals surface area (Å²) in [7, 11) is -3.97. The second-order valence-corrected chi connectivity index (χ2v) is 8.66. The Bertz CT molecular complexity index is 959. The van der Waals surface area contributed by atoms with Crippen LogP contribution in [0.4, 0.5) is 5.69 Å². The summed E-state index contributed by atoms with van der Waals surface area (Å²) in [5.74, 6) is -0.125. The maximum Gasteiger partial charge on any atom is 0.263 e. The Labute approximate surface area is 172 Å². The molecule has 0 atom stereocenters. The molecule has 1 fully saturated rings. The van der Waals surface area contributed by atoms with Gasteiger partial charge in [0.2, 0.25) is 0 Å². The fraction of sp³-hybridized carbons (Fsp3) is 0.235. The predicted molar refractivity (Wildman–Crippen MR) is 105 cm³/mol. The van der Waals surface area contributed by atoms with Crippen molar-refractivity contribution in [1.82, 2.24) is 4.90 Å². The van der Waals surface area contributed by atoms with Crippen LogP contribution in [0.2, 0.25) is 15.1 Å². The molecule has 2 aromatic rings. The molecular weight excluding hydrogens is 435 g/mol. The van der Waals surface area contributed by atoms with E-state index in [9.17, 15) is 13.2 Å². The van der Waals surface area contributed by atoms with Crippen molar-refractivity contribution in [2.45, 2.75) is 4.90 Å². The summed E-state index contributed by atoms with van der Waals surface area (Å²) in [5, 5.41) is 0.190. The van der Waals surface area contributed by atoms with Crippen LogP contribution in [0.1, 0.15) is 10.4 Å². The first-order valence-electron chi connectivity index (χ1n) is 7.92. The van der Waals surface area contributed by atoms with Crippen LogP contribution in [0.3, 0.4) is 0 Å². The summed E-state index contributed by atoms with van der Waals surface area (Å²) in [4.78, 5) is 13.9. The van der Waals surface area contributed by atoms with E-state index in [0.29, 0.717) is 31.9 Å². The van der Waals surface area contributed by atoms with Crippen molar-refractivity contribution < 1.29 is 17.9 Å². The van der Waals surface area contributed by atoms with Crippen molar-refractivity contribution in [3.63, 3.8) is 0 Å². The summed E-state index contributed by atoms with van der Waals surface area (Å²) in [6.07, 6.45) is 0. The average molecular weight is 450 g/mol. The highest BCUT2D eigenvalue weighted by atomic mass is 35.5. The van der Waals surface area contributed by atoms with Gasteiger partial charge in [0.25, 0.3) is 15.9 Å². The number of nitrogens with zero attached hydrogens (tertiary/aromatic N) is 1. The summed E-state index contributed by atoms with van der Waals surface area (Å²) in [5.41, 5.74) is 0.753. The molecule has 0 spiro atoms. The lowest BCUT2D eigenvalue weighted by Gasteiger charge is -2.26. The van der Waals surface area contributed by atoms with Crippen LogP contribution < -0.4 is 4.72 Å². The predicted octanol–water partition coefficient (Wildman–Crippen LogP) is 3.92. The molecule has 6 nitrogen and oxygen atoms in total. The average Bonchev–Trinajstić information content (AvgIpc) is 2.65. The van der Waals surface area contributed by atoms with Gasteiger partial charge in [-0.2, -0.15) is 0 Å². The van der Waals surface area contributed by atoms with Crippen LogP contribution in [0.5, 0.6) is 0 Å². The van der Waals surface area contributed by atoms with Gasteiger partial charge in [-0.15, -0.1) is 0 Å². The topological polar surface area (TPSA) is 75.7 Å². The summed E-state index contributed by atoms with van der Waals surface area (Å²) in [6.45, 7) is 2.08. The van der Waals surface area contributed by atoms with E-state index < -0.39 is 10.0 Å². The molecule has 1 N–H and O–H groups in total. The zero-order chi connectivity index (χ0) is 19.6. The molecule has 2 aromatic carbocycles. The SMILES string of the molecule is O=C(c1ccc(NS(=O)(=O)c2cc(Cl)c(Cl)cc2Cl)cc1)N1CCOCC1. The van der Waals surface area contributed by atoms with E-state index >= 15 is 0 Å². The molecule has 0 unspecified atom stereocenters. The molecule has 144 valence electrons. The third-order valence-electron chi connectivity index (χ3n) is 3.95. The van der Waals surface area contributed by atoms with Crippen molar-refractivity contribution in [3.8, 4) is 0 Å². The highest BCUT2D eigenvalue weighted by Crippen LogP contribution is 2.32. The van der Waals surface area contributed by atoms with Gasteiger partial charge < -0.3 is 9.64 Å². The monoisotopic (exact) mass is 448 g/mol. The molecule has 1 heterocycles. The molecule has 3 rings (SSSR count). The number of rotatable bonds is 4. The minimum absolute atomic E-state index is 0.0454. The lowest BCUT2D eigenvalue weighted by atomic mass is 10.2. The van der Waals surface area contributed by atoms with E-state index in [1.54, 1.807) is 17.0 Å². The first-order valence-corrected chi connectivity index (χ1v) is 10.5. The maximum atomic E-state index is 12.6. The number of carbonyl (C=O) groups is 1. The Morgan fingerprint density at radius 2 is 1.56 bits per heavy atom. The number of benzene rings is 2. The summed E-state index contributed by atoms with van der Waals surface area (Å²) in [6, 6.07) is 8.60. The molecule has 27 heavy (non-hydrogen) atoms. The van der Waals surface area contributed by atoms with Gasteiger partial charge in [-0.1, -0.05) is 34.8 Å². The Hall–Kier alpha value is -1.51. The number of ether oxygens (including phenoxy) is 1. The molecule has 10 heteroatoms. The van der Waals surface area contributed by atoms with Crippen LogP contribution in [-0.4, -0.2) is 45.5 Å². The molecule has 1 saturated heterocycles. The summed E-state index contributed by atoms with van der Waals surface area (Å²) >= 11 is 17.7. The number of hydrogen-bond acceptors (Lipinski definition) is 4. The molecule has 1 aliphatic heterocycles. The van der Waals surface area contributed by atoms with Crippen LogP contribution in [-0.2, 0) is 14.8 Å². The quantitative estimate of drug-likeness (QED) is 0.718. The van der Waals surface area contributed by atoms with Crippen molar-refractivity contribution in [3.05, 3.63) is 57.0 Å². The van der Waals surface area contributed by atoms with Crippen LogP contribution >= 0.6 is 34.8 Å². The van der Waals surface area contributed by atoms with Gasteiger partial charge in [-0.25, -0.2) is 8.42 Å². The zero-order valence-electron chi connectivity index (χ0n) is 13.9. The van der Waals surface area contributed by atoms with E-state index in [-0.39, 0.29) is 31.6 Å². The van der Waals surface area contributed by atoms with Crippen molar-refractivity contribution in [2.24, 2.45) is 0 Å². The lowest BCUT2D eigenvalue weighted by Crippen LogP contribution is -2.40. The van der Waals surface area contributed by atoms with Gasteiger partial charge in [0.1, 0.15) is 4.90 Å². The number of anilines is 1. The number of hydrogen-bond donors (Lipinski definition) is 1. The molecule has 0 aliphatic carbocycles. The van der Waals surface area contributed by atoms with Crippen LogP contribution in [0.15, 0.2) is 41.3 Å². The smallest absolute Gasteiger partial charge is 0.263 e. The fourth-order valence-electron chi connectivity index (χ4n) is 2.55. The van der Waals surface area contributed by atoms with Gasteiger partial charge in [0.15, 0.2) is 0 Å². The van der Waals surface area contributed by atoms with Gasteiger partial charge >= 0.3 is 0 Å². The second kappa shape index (κ2) is 8.24. The Kier molecular flexibility index (Phi) is 6.18. The van der Waals surface area contributed by atoms with Crippen LogP contribution in [0.25, 0.3) is 0 Å². The van der Waals surface area contributed by atoms with E-state index in [0.717, 1.165) is 0 Å². The first kappa shape index (κ1) is 20.2. The van der Waals surface area contributed by atoms with E-state index in [1.807, 2.05) is 0 Å². The lowest BCUT2D eigenvalue weighted by molar-refractivity contribution is 0.0303. The number of carbonyl (C=O) groups excluding carboxylic acids is 1. The molecular formula is C17H15Cl3N2O4S. The molecule has 0 bridgehead atoms. The minimum atomic E-state index is -3.97. The number of sulfonamides is 1. The summed E-state index contributed by atoms with van der Waals surface area (Å²) < 4.78 is 32.8. The standard InChI is InChI=1S/C17H15Cl3N2O4S/c18-13-9-15(20)16(10-14(13)19)27(24,25)21-12-3-1-11(2-4-12)17(23)22-5-7-26-8-6-22/h1-4,9-10,21H,5-8H2. The molecule has 1 aliphatic rings. The largest absolute Gasteiger partial charge is 0.378 e. The van der Waals surface area contributed by atoms with Gasteiger partial charge in [0.05, 0.1) is 28.3 Å². The van der Waals surface area contributed by atoms with Crippen molar-refractivity contribution >= 4 is 56.4 Å². The molecule has 1 amide bonds. The number of morpholine rings is 1. The van der Waals surface area contributed by atoms with Gasteiger partial charge in [0, 0.05) is 24.3 Å². The number of nitrogens with one attached hydrogen (secondary N) is 1. The van der Waals surface area contributed by atoms with Crippen LogP contribution in [0, 0.1) is 0 Å². The molecule has 0 radical (unpaired) electrons. The Balaban J connectivity index is 1.78. The first-order chi connectivity index (χ1) is 12.8. The zero-order valence-corrected chi connectivity index (χ0v) is 17.0. The highest BCUT2D eigenvalue weighted by Gasteiger charge is 2.21. The Morgan fingerprint density at radius 1 is 0.963 bits per heavy atom. The minimum Gasteiger partial charge on any atom is -0.378 e. The maximum absolute atomic E-state index is 12.6. The normalized spacial score (nSPS) is 14.9. The highest BCUT2D eigenvalue weighted by molar-refractivity contribution is 7.92.